The number of quaternary nitrogens is 1. The number of hydrogen-bond donors (Lipinski definition) is 3. The standard InChI is InChI=1S/C24H31N5O2/c1-18(22-27-21-14-8-7-13-20(21)23(30)28-22)29(16-10-3-2-9-15-25)24(31)26-17-19-11-5-4-6-12-19/h4-8,11-14,18H,2-3,9-10,15-17,25H2,1H3,(H,26,31)(H,27,28,30)/p+1. The van der Waals surface area contributed by atoms with Gasteiger partial charge in [-0.2, -0.15) is 0 Å². The molecule has 7 heteroatoms. The van der Waals surface area contributed by atoms with Gasteiger partial charge in [0.25, 0.3) is 5.56 Å². The van der Waals surface area contributed by atoms with E-state index in [1.807, 2.05) is 55.5 Å². The quantitative estimate of drug-likeness (QED) is 0.437. The van der Waals surface area contributed by atoms with Gasteiger partial charge in [0.2, 0.25) is 0 Å². The Balaban J connectivity index is 1.77. The molecule has 5 N–H and O–H groups in total. The van der Waals surface area contributed by atoms with Gasteiger partial charge in [-0.1, -0.05) is 48.9 Å². The molecule has 31 heavy (non-hydrogen) atoms. The van der Waals surface area contributed by atoms with Gasteiger partial charge in [0.15, 0.2) is 0 Å². The van der Waals surface area contributed by atoms with Gasteiger partial charge in [-0.05, 0) is 43.9 Å². The molecule has 2 amide bonds. The maximum atomic E-state index is 13.1. The van der Waals surface area contributed by atoms with E-state index in [0.717, 1.165) is 37.8 Å². The summed E-state index contributed by atoms with van der Waals surface area (Å²) in [5.41, 5.74) is 5.37. The van der Waals surface area contributed by atoms with E-state index >= 15 is 0 Å². The van der Waals surface area contributed by atoms with Gasteiger partial charge in [-0.15, -0.1) is 0 Å². The van der Waals surface area contributed by atoms with E-state index in [0.29, 0.717) is 29.8 Å². The molecule has 0 fully saturated rings. The lowest BCUT2D eigenvalue weighted by Crippen LogP contribution is -2.50. The first kappa shape index (κ1) is 22.5. The molecule has 1 heterocycles. The van der Waals surface area contributed by atoms with Gasteiger partial charge >= 0.3 is 6.03 Å². The predicted molar refractivity (Wildman–Crippen MR) is 122 cm³/mol. The van der Waals surface area contributed by atoms with E-state index in [9.17, 15) is 9.59 Å². The zero-order valence-corrected chi connectivity index (χ0v) is 18.1. The number of urea groups is 1. The third-order valence-corrected chi connectivity index (χ3v) is 5.44. The van der Waals surface area contributed by atoms with Crippen molar-refractivity contribution in [3.63, 3.8) is 0 Å². The molecule has 7 nitrogen and oxygen atoms in total. The van der Waals surface area contributed by atoms with Crippen LogP contribution in [0.2, 0.25) is 0 Å². The van der Waals surface area contributed by atoms with Crippen LogP contribution < -0.4 is 16.6 Å². The zero-order valence-electron chi connectivity index (χ0n) is 18.1. The molecule has 0 bridgehead atoms. The van der Waals surface area contributed by atoms with Gasteiger partial charge in [0, 0.05) is 13.1 Å². The number of amides is 2. The number of nitrogens with zero attached hydrogens (tertiary/aromatic N) is 2. The van der Waals surface area contributed by atoms with Crippen LogP contribution in [-0.4, -0.2) is 34.0 Å². The predicted octanol–water partition coefficient (Wildman–Crippen LogP) is 3.00. The number of unbranched alkanes of at least 4 members (excludes halogenated alkanes) is 3. The number of carbonyl (C=O) groups is 1. The fourth-order valence-electron chi connectivity index (χ4n) is 3.61. The highest BCUT2D eigenvalue weighted by Gasteiger charge is 2.23. The van der Waals surface area contributed by atoms with Crippen LogP contribution in [0.5, 0.6) is 0 Å². The van der Waals surface area contributed by atoms with Gasteiger partial charge in [0.1, 0.15) is 5.82 Å². The lowest BCUT2D eigenvalue weighted by molar-refractivity contribution is -0.368. The molecular weight excluding hydrogens is 390 g/mol. The van der Waals surface area contributed by atoms with Crippen molar-refractivity contribution in [2.45, 2.75) is 45.2 Å². The number of hydrogen-bond acceptors (Lipinski definition) is 3. The molecule has 3 rings (SSSR count). The first-order valence-corrected chi connectivity index (χ1v) is 11.0. The Morgan fingerprint density at radius 3 is 2.55 bits per heavy atom. The molecule has 164 valence electrons. The lowest BCUT2D eigenvalue weighted by atomic mass is 10.1. The van der Waals surface area contributed by atoms with E-state index in [1.54, 1.807) is 11.0 Å². The Labute approximate surface area is 182 Å². The Morgan fingerprint density at radius 1 is 1.06 bits per heavy atom. The van der Waals surface area contributed by atoms with Crippen LogP contribution in [0.4, 0.5) is 4.79 Å². The summed E-state index contributed by atoms with van der Waals surface area (Å²) >= 11 is 0. The van der Waals surface area contributed by atoms with Gasteiger partial charge in [-0.3, -0.25) is 4.79 Å². The average Bonchev–Trinajstić information content (AvgIpc) is 2.80. The maximum Gasteiger partial charge on any atom is 0.318 e. The number of rotatable bonds is 10. The van der Waals surface area contributed by atoms with Crippen molar-refractivity contribution < 1.29 is 10.5 Å². The molecular formula is C24H32N5O2+. The van der Waals surface area contributed by atoms with Crippen molar-refractivity contribution >= 4 is 16.9 Å². The molecule has 1 atom stereocenters. The second kappa shape index (κ2) is 11.3. The summed E-state index contributed by atoms with van der Waals surface area (Å²) in [5.74, 6) is 0.497. The fourth-order valence-corrected chi connectivity index (χ4v) is 3.61. The summed E-state index contributed by atoms with van der Waals surface area (Å²) in [6.45, 7) is 3.88. The summed E-state index contributed by atoms with van der Waals surface area (Å²) in [4.78, 5) is 34.9. The molecule has 0 saturated heterocycles. The van der Waals surface area contributed by atoms with Crippen molar-refractivity contribution in [1.29, 1.82) is 0 Å². The minimum Gasteiger partial charge on any atom is -0.358 e. The van der Waals surface area contributed by atoms with Gasteiger partial charge < -0.3 is 20.9 Å². The summed E-state index contributed by atoms with van der Waals surface area (Å²) in [6, 6.07) is 16.5. The summed E-state index contributed by atoms with van der Waals surface area (Å²) < 4.78 is 0. The number of fused-ring (bicyclic) bond motifs is 1. The van der Waals surface area contributed by atoms with Crippen LogP contribution >= 0.6 is 0 Å². The molecule has 1 unspecified atom stereocenters. The zero-order chi connectivity index (χ0) is 22.1. The van der Waals surface area contributed by atoms with Crippen molar-refractivity contribution in [1.82, 2.24) is 20.2 Å². The molecule has 2 aromatic carbocycles. The third kappa shape index (κ3) is 6.15. The number of H-pyrrole nitrogens is 1. The largest absolute Gasteiger partial charge is 0.358 e. The molecule has 0 saturated carbocycles. The van der Waals surface area contributed by atoms with Crippen LogP contribution in [-0.2, 0) is 6.54 Å². The van der Waals surface area contributed by atoms with Crippen molar-refractivity contribution in [3.8, 4) is 0 Å². The Bertz CT molecular complexity index is 1030. The normalized spacial score (nSPS) is 11.9. The van der Waals surface area contributed by atoms with E-state index in [4.69, 9.17) is 0 Å². The topological polar surface area (TPSA) is 106 Å². The maximum absolute atomic E-state index is 13.1. The van der Waals surface area contributed by atoms with E-state index in [1.165, 1.54) is 0 Å². The van der Waals surface area contributed by atoms with Crippen LogP contribution in [0.3, 0.4) is 0 Å². The van der Waals surface area contributed by atoms with Crippen LogP contribution in [0.15, 0.2) is 59.4 Å². The second-order valence-electron chi connectivity index (χ2n) is 7.75. The first-order chi connectivity index (χ1) is 15.1. The van der Waals surface area contributed by atoms with E-state index in [2.05, 4.69) is 21.0 Å². The highest BCUT2D eigenvalue weighted by molar-refractivity contribution is 5.77. The number of nitrogens with one attached hydrogen (secondary N) is 2. The summed E-state index contributed by atoms with van der Waals surface area (Å²) in [7, 11) is 0. The Morgan fingerprint density at radius 2 is 1.77 bits per heavy atom. The van der Waals surface area contributed by atoms with E-state index < -0.39 is 0 Å². The number of benzene rings is 2. The smallest absolute Gasteiger partial charge is 0.318 e. The number of carbonyl (C=O) groups excluding carboxylic acids is 1. The van der Waals surface area contributed by atoms with Crippen LogP contribution in [0.1, 0.15) is 50.0 Å². The number of para-hydroxylation sites is 1. The van der Waals surface area contributed by atoms with Gasteiger partial charge in [0.05, 0.1) is 23.5 Å². The van der Waals surface area contributed by atoms with E-state index in [-0.39, 0.29) is 17.6 Å². The Kier molecular flexibility index (Phi) is 8.18. The lowest BCUT2D eigenvalue weighted by Gasteiger charge is -2.29. The first-order valence-electron chi connectivity index (χ1n) is 11.0. The molecule has 0 aliphatic carbocycles. The van der Waals surface area contributed by atoms with Crippen molar-refractivity contribution in [2.24, 2.45) is 0 Å². The third-order valence-electron chi connectivity index (χ3n) is 5.44. The summed E-state index contributed by atoms with van der Waals surface area (Å²) in [5, 5.41) is 3.56. The van der Waals surface area contributed by atoms with Crippen molar-refractivity contribution in [2.75, 3.05) is 13.1 Å². The van der Waals surface area contributed by atoms with Crippen LogP contribution in [0, 0.1) is 0 Å². The fraction of sp³-hybridized carbons (Fsp3) is 0.375. The average molecular weight is 423 g/mol. The van der Waals surface area contributed by atoms with Gasteiger partial charge in [-0.25, -0.2) is 9.78 Å². The number of aromatic amines is 1. The molecule has 1 aromatic heterocycles. The highest BCUT2D eigenvalue weighted by Crippen LogP contribution is 2.19. The molecule has 0 spiro atoms. The second-order valence-corrected chi connectivity index (χ2v) is 7.75. The molecule has 0 radical (unpaired) electrons. The SMILES string of the molecule is CC(c1nc2ccccc2c(=O)[nH]1)N(CCCCCC[NH3+])C(=O)NCc1ccccc1. The monoisotopic (exact) mass is 422 g/mol. The minimum atomic E-state index is -0.360. The van der Waals surface area contributed by atoms with Crippen molar-refractivity contribution in [3.05, 3.63) is 76.3 Å². The summed E-state index contributed by atoms with van der Waals surface area (Å²) in [6.07, 6.45) is 4.12. The minimum absolute atomic E-state index is 0.163. The van der Waals surface area contributed by atoms with Crippen LogP contribution in [0.25, 0.3) is 10.9 Å². The molecule has 0 aliphatic rings. The molecule has 0 aliphatic heterocycles. The Hall–Kier alpha value is -3.19. The number of aromatic nitrogens is 2. The highest BCUT2D eigenvalue weighted by atomic mass is 16.2. The molecule has 3 aromatic rings.